The molecule has 0 aromatic rings. The highest BCUT2D eigenvalue weighted by molar-refractivity contribution is 6.08. The SMILES string of the molecule is C=C[C@H]1CC1(C(C)=O)C(C)=O. The quantitative estimate of drug-likeness (QED) is 0.452. The lowest BCUT2D eigenvalue weighted by Crippen LogP contribution is -2.23. The van der Waals surface area contributed by atoms with E-state index < -0.39 is 5.41 Å². The number of ketones is 2. The van der Waals surface area contributed by atoms with Gasteiger partial charge in [0.1, 0.15) is 11.6 Å². The van der Waals surface area contributed by atoms with E-state index in [1.165, 1.54) is 13.8 Å². The summed E-state index contributed by atoms with van der Waals surface area (Å²) in [6.45, 7) is 6.53. The highest BCUT2D eigenvalue weighted by atomic mass is 16.2. The molecule has 2 nitrogen and oxygen atoms in total. The molecule has 1 aliphatic carbocycles. The minimum Gasteiger partial charge on any atom is -0.299 e. The Bertz CT molecular complexity index is 214. The van der Waals surface area contributed by atoms with Crippen LogP contribution in [0.15, 0.2) is 12.7 Å². The molecule has 60 valence electrons. The van der Waals surface area contributed by atoms with E-state index >= 15 is 0 Å². The first kappa shape index (κ1) is 8.18. The number of Topliss-reactive ketones (excluding diaryl/α,β-unsaturated/α-hetero) is 2. The van der Waals surface area contributed by atoms with Crippen molar-refractivity contribution >= 4 is 11.6 Å². The summed E-state index contributed by atoms with van der Waals surface area (Å²) in [5.74, 6) is 0.0577. The molecule has 1 aliphatic rings. The molecule has 0 aromatic carbocycles. The van der Waals surface area contributed by atoms with Crippen LogP contribution in [0, 0.1) is 11.3 Å². The van der Waals surface area contributed by atoms with Gasteiger partial charge in [0.15, 0.2) is 0 Å². The Morgan fingerprint density at radius 2 is 1.91 bits per heavy atom. The van der Waals surface area contributed by atoms with Crippen LogP contribution in [-0.2, 0) is 9.59 Å². The van der Waals surface area contributed by atoms with Crippen molar-refractivity contribution in [2.45, 2.75) is 20.3 Å². The number of carbonyl (C=O) groups is 2. The summed E-state index contributed by atoms with van der Waals surface area (Å²) in [5, 5.41) is 0. The summed E-state index contributed by atoms with van der Waals surface area (Å²) in [6, 6.07) is 0. The molecule has 0 N–H and O–H groups in total. The lowest BCUT2D eigenvalue weighted by atomic mass is 9.94. The Morgan fingerprint density at radius 3 is 2.00 bits per heavy atom. The van der Waals surface area contributed by atoms with Gasteiger partial charge in [-0.05, 0) is 26.2 Å². The fourth-order valence-electron chi connectivity index (χ4n) is 1.63. The van der Waals surface area contributed by atoms with E-state index in [-0.39, 0.29) is 17.5 Å². The molecule has 0 amide bonds. The molecule has 0 aliphatic heterocycles. The highest BCUT2D eigenvalue weighted by Crippen LogP contribution is 2.54. The molecule has 1 rings (SSSR count). The Kier molecular flexibility index (Phi) is 1.70. The molecule has 11 heavy (non-hydrogen) atoms. The molecule has 0 spiro atoms. The van der Waals surface area contributed by atoms with E-state index in [0.29, 0.717) is 6.42 Å². The van der Waals surface area contributed by atoms with Crippen molar-refractivity contribution in [3.8, 4) is 0 Å². The van der Waals surface area contributed by atoms with Crippen LogP contribution in [0.1, 0.15) is 20.3 Å². The van der Waals surface area contributed by atoms with Crippen molar-refractivity contribution in [2.24, 2.45) is 11.3 Å². The van der Waals surface area contributed by atoms with Crippen molar-refractivity contribution in [1.82, 2.24) is 0 Å². The Labute approximate surface area is 66.3 Å². The van der Waals surface area contributed by atoms with Crippen LogP contribution in [0.3, 0.4) is 0 Å². The maximum atomic E-state index is 11.1. The van der Waals surface area contributed by atoms with E-state index in [0.717, 1.165) is 0 Å². The van der Waals surface area contributed by atoms with Crippen molar-refractivity contribution in [3.63, 3.8) is 0 Å². The van der Waals surface area contributed by atoms with Crippen molar-refractivity contribution < 1.29 is 9.59 Å². The van der Waals surface area contributed by atoms with Crippen LogP contribution in [0.5, 0.6) is 0 Å². The third kappa shape index (κ3) is 0.934. The summed E-state index contributed by atoms with van der Waals surface area (Å²) in [7, 11) is 0. The van der Waals surface area contributed by atoms with Crippen LogP contribution >= 0.6 is 0 Å². The second-order valence-corrected chi connectivity index (χ2v) is 3.13. The van der Waals surface area contributed by atoms with E-state index in [1.807, 2.05) is 0 Å². The smallest absolute Gasteiger partial charge is 0.143 e. The summed E-state index contributed by atoms with van der Waals surface area (Å²) in [5.41, 5.74) is -0.679. The van der Waals surface area contributed by atoms with Crippen molar-refractivity contribution in [3.05, 3.63) is 12.7 Å². The largest absolute Gasteiger partial charge is 0.299 e. The maximum absolute atomic E-state index is 11.1. The van der Waals surface area contributed by atoms with Gasteiger partial charge in [0.2, 0.25) is 0 Å². The molecule has 0 saturated heterocycles. The average molecular weight is 152 g/mol. The number of carbonyl (C=O) groups excluding carboxylic acids is 2. The monoisotopic (exact) mass is 152 g/mol. The maximum Gasteiger partial charge on any atom is 0.143 e. The molecule has 1 atom stereocenters. The standard InChI is InChI=1S/C9H12O2/c1-4-8-5-9(8,6(2)10)7(3)11/h4,8H,1,5H2,2-3H3/t8-/m0/s1. The number of hydrogen-bond acceptors (Lipinski definition) is 2. The number of hydrogen-bond donors (Lipinski definition) is 0. The van der Waals surface area contributed by atoms with E-state index in [1.54, 1.807) is 6.08 Å². The van der Waals surface area contributed by atoms with Crippen molar-refractivity contribution in [1.29, 1.82) is 0 Å². The molecular weight excluding hydrogens is 140 g/mol. The predicted octanol–water partition coefficient (Wildman–Crippen LogP) is 1.36. The van der Waals surface area contributed by atoms with Gasteiger partial charge in [0, 0.05) is 0 Å². The lowest BCUT2D eigenvalue weighted by molar-refractivity contribution is -0.132. The number of allylic oxidation sites excluding steroid dienone is 1. The van der Waals surface area contributed by atoms with Crippen LogP contribution in [0.2, 0.25) is 0 Å². The fraction of sp³-hybridized carbons (Fsp3) is 0.556. The van der Waals surface area contributed by atoms with Gasteiger partial charge in [-0.3, -0.25) is 9.59 Å². The van der Waals surface area contributed by atoms with Gasteiger partial charge in [0.25, 0.3) is 0 Å². The summed E-state index contributed by atoms with van der Waals surface area (Å²) in [4.78, 5) is 22.1. The van der Waals surface area contributed by atoms with E-state index in [4.69, 9.17) is 0 Å². The average Bonchev–Trinajstić information content (AvgIpc) is 2.61. The second kappa shape index (κ2) is 2.29. The van der Waals surface area contributed by atoms with Gasteiger partial charge in [-0.1, -0.05) is 6.08 Å². The fourth-order valence-corrected chi connectivity index (χ4v) is 1.63. The first-order chi connectivity index (χ1) is 5.05. The highest BCUT2D eigenvalue weighted by Gasteiger charge is 2.59. The van der Waals surface area contributed by atoms with Gasteiger partial charge in [-0.15, -0.1) is 6.58 Å². The van der Waals surface area contributed by atoms with Crippen LogP contribution in [-0.4, -0.2) is 11.6 Å². The first-order valence-corrected chi connectivity index (χ1v) is 3.70. The van der Waals surface area contributed by atoms with E-state index in [2.05, 4.69) is 6.58 Å². The molecule has 0 aromatic heterocycles. The van der Waals surface area contributed by atoms with Gasteiger partial charge in [-0.2, -0.15) is 0 Å². The Morgan fingerprint density at radius 1 is 1.45 bits per heavy atom. The molecule has 0 unspecified atom stereocenters. The third-order valence-electron chi connectivity index (χ3n) is 2.56. The second-order valence-electron chi connectivity index (χ2n) is 3.13. The molecule has 1 fully saturated rings. The number of rotatable bonds is 3. The zero-order valence-electron chi connectivity index (χ0n) is 6.89. The summed E-state index contributed by atoms with van der Waals surface area (Å²) < 4.78 is 0. The Hall–Kier alpha value is -0.920. The molecule has 1 saturated carbocycles. The minimum absolute atomic E-state index is 0.0186. The molecule has 0 heterocycles. The summed E-state index contributed by atoms with van der Waals surface area (Å²) >= 11 is 0. The summed E-state index contributed by atoms with van der Waals surface area (Å²) in [6.07, 6.45) is 2.37. The normalized spacial score (nSPS) is 25.8. The lowest BCUT2D eigenvalue weighted by Gasteiger charge is -2.06. The predicted molar refractivity (Wildman–Crippen MR) is 42.1 cm³/mol. The van der Waals surface area contributed by atoms with Gasteiger partial charge < -0.3 is 0 Å². The topological polar surface area (TPSA) is 34.1 Å². The third-order valence-corrected chi connectivity index (χ3v) is 2.56. The minimum atomic E-state index is -0.679. The van der Waals surface area contributed by atoms with Crippen molar-refractivity contribution in [2.75, 3.05) is 0 Å². The van der Waals surface area contributed by atoms with Crippen LogP contribution in [0.25, 0.3) is 0 Å². The molecule has 0 bridgehead atoms. The van der Waals surface area contributed by atoms with Gasteiger partial charge in [-0.25, -0.2) is 0 Å². The Balaban J connectivity index is 2.87. The molecule has 2 heteroatoms. The van der Waals surface area contributed by atoms with Crippen LogP contribution in [0.4, 0.5) is 0 Å². The zero-order chi connectivity index (χ0) is 8.65. The van der Waals surface area contributed by atoms with Gasteiger partial charge >= 0.3 is 0 Å². The van der Waals surface area contributed by atoms with E-state index in [9.17, 15) is 9.59 Å². The first-order valence-electron chi connectivity index (χ1n) is 3.70. The molecule has 0 radical (unpaired) electrons. The zero-order valence-corrected chi connectivity index (χ0v) is 6.89. The van der Waals surface area contributed by atoms with Crippen LogP contribution < -0.4 is 0 Å². The van der Waals surface area contributed by atoms with Gasteiger partial charge in [0.05, 0.1) is 5.41 Å². The molecular formula is C9H12O2.